The Morgan fingerprint density at radius 3 is 2.16 bits per heavy atom. The summed E-state index contributed by atoms with van der Waals surface area (Å²) in [5.41, 5.74) is 2.04. The Morgan fingerprint density at radius 2 is 1.60 bits per heavy atom. The number of aryl methyl sites for hydroxylation is 1. The molecule has 0 atom stereocenters. The Kier molecular flexibility index (Phi) is 5.65. The predicted octanol–water partition coefficient (Wildman–Crippen LogP) is 3.25. The molecule has 0 aliphatic rings. The zero-order valence-corrected chi connectivity index (χ0v) is 15.8. The molecule has 5 nitrogen and oxygen atoms in total. The van der Waals surface area contributed by atoms with Crippen molar-refractivity contribution < 1.29 is 13.2 Å². The van der Waals surface area contributed by atoms with Gasteiger partial charge in [0.15, 0.2) is 0 Å². The molecule has 0 saturated carbocycles. The van der Waals surface area contributed by atoms with Gasteiger partial charge in [-0.3, -0.25) is 4.79 Å². The zero-order chi connectivity index (χ0) is 18.7. The summed E-state index contributed by atoms with van der Waals surface area (Å²) >= 11 is 0. The number of anilines is 1. The van der Waals surface area contributed by atoms with Gasteiger partial charge < -0.3 is 5.32 Å². The molecule has 0 aliphatic heterocycles. The average Bonchev–Trinajstić information content (AvgIpc) is 2.48. The summed E-state index contributed by atoms with van der Waals surface area (Å²) in [4.78, 5) is 12.3. The monoisotopic (exact) mass is 360 g/mol. The third-order valence-corrected chi connectivity index (χ3v) is 5.28. The van der Waals surface area contributed by atoms with Gasteiger partial charge in [0, 0.05) is 11.2 Å². The lowest BCUT2D eigenvalue weighted by atomic mass is 10.1. The number of carbonyl (C=O) groups excluding carboxylic acids is 1. The molecule has 0 fully saturated rings. The van der Waals surface area contributed by atoms with Crippen molar-refractivity contribution in [3.63, 3.8) is 0 Å². The summed E-state index contributed by atoms with van der Waals surface area (Å²) < 4.78 is 27.1. The molecule has 6 heteroatoms. The molecule has 0 saturated heterocycles. The summed E-state index contributed by atoms with van der Waals surface area (Å²) in [7, 11) is -3.58. The lowest BCUT2D eigenvalue weighted by Gasteiger charge is -2.20. The molecule has 0 bridgehead atoms. The standard InChI is InChI=1S/C19H24N2O3S/c1-14-7-5-6-8-15(14)13-18(22)20-16-9-11-17(12-10-16)25(23,24)21-19(2,3)4/h5-12,21H,13H2,1-4H3,(H,20,22). The second kappa shape index (κ2) is 7.37. The van der Waals surface area contributed by atoms with E-state index in [9.17, 15) is 13.2 Å². The van der Waals surface area contributed by atoms with Crippen LogP contribution in [0.5, 0.6) is 0 Å². The number of sulfonamides is 1. The highest BCUT2D eigenvalue weighted by molar-refractivity contribution is 7.89. The third kappa shape index (κ3) is 5.69. The van der Waals surface area contributed by atoms with E-state index in [4.69, 9.17) is 0 Å². The van der Waals surface area contributed by atoms with Gasteiger partial charge in [-0.05, 0) is 63.1 Å². The number of nitrogens with one attached hydrogen (secondary N) is 2. The van der Waals surface area contributed by atoms with Crippen molar-refractivity contribution in [2.75, 3.05) is 5.32 Å². The lowest BCUT2D eigenvalue weighted by molar-refractivity contribution is -0.115. The van der Waals surface area contributed by atoms with E-state index >= 15 is 0 Å². The van der Waals surface area contributed by atoms with Crippen LogP contribution in [0.2, 0.25) is 0 Å². The highest BCUT2D eigenvalue weighted by Gasteiger charge is 2.21. The summed E-state index contributed by atoms with van der Waals surface area (Å²) in [6, 6.07) is 13.9. The van der Waals surface area contributed by atoms with Crippen LogP contribution in [0.3, 0.4) is 0 Å². The summed E-state index contributed by atoms with van der Waals surface area (Å²) in [5.74, 6) is -0.141. The molecule has 0 unspecified atom stereocenters. The molecule has 1 amide bonds. The first-order valence-corrected chi connectivity index (χ1v) is 9.53. The van der Waals surface area contributed by atoms with Crippen molar-refractivity contribution in [2.24, 2.45) is 0 Å². The van der Waals surface area contributed by atoms with Crippen LogP contribution in [-0.2, 0) is 21.2 Å². The third-order valence-electron chi connectivity index (χ3n) is 3.50. The molecule has 2 N–H and O–H groups in total. The van der Waals surface area contributed by atoms with Gasteiger partial charge in [0.05, 0.1) is 11.3 Å². The maximum absolute atomic E-state index is 12.3. The fourth-order valence-corrected chi connectivity index (χ4v) is 3.78. The van der Waals surface area contributed by atoms with Crippen molar-refractivity contribution in [2.45, 2.75) is 44.6 Å². The van der Waals surface area contributed by atoms with Crippen LogP contribution in [-0.4, -0.2) is 19.9 Å². The molecule has 2 aromatic rings. The first kappa shape index (κ1) is 19.1. The van der Waals surface area contributed by atoms with Gasteiger partial charge in [-0.1, -0.05) is 24.3 Å². The van der Waals surface area contributed by atoms with Crippen LogP contribution in [0, 0.1) is 6.92 Å². The van der Waals surface area contributed by atoms with E-state index in [-0.39, 0.29) is 17.2 Å². The largest absolute Gasteiger partial charge is 0.326 e. The van der Waals surface area contributed by atoms with E-state index in [1.54, 1.807) is 32.9 Å². The molecule has 0 aliphatic carbocycles. The topological polar surface area (TPSA) is 75.3 Å². The van der Waals surface area contributed by atoms with Gasteiger partial charge in [-0.15, -0.1) is 0 Å². The van der Waals surface area contributed by atoms with E-state index < -0.39 is 15.6 Å². The summed E-state index contributed by atoms with van der Waals surface area (Å²) in [6.45, 7) is 7.31. The second-order valence-electron chi connectivity index (χ2n) is 7.03. The first-order chi connectivity index (χ1) is 11.6. The first-order valence-electron chi connectivity index (χ1n) is 8.05. The Labute approximate surface area is 149 Å². The van der Waals surface area contributed by atoms with Crippen molar-refractivity contribution in [3.8, 4) is 0 Å². The number of amides is 1. The fraction of sp³-hybridized carbons (Fsp3) is 0.316. The SMILES string of the molecule is Cc1ccccc1CC(=O)Nc1ccc(S(=O)(=O)NC(C)(C)C)cc1. The summed E-state index contributed by atoms with van der Waals surface area (Å²) in [5, 5.41) is 2.79. The molecule has 25 heavy (non-hydrogen) atoms. The van der Waals surface area contributed by atoms with Crippen molar-refractivity contribution in [1.82, 2.24) is 4.72 Å². The Hall–Kier alpha value is -2.18. The van der Waals surface area contributed by atoms with Gasteiger partial charge in [0.2, 0.25) is 15.9 Å². The molecule has 2 aromatic carbocycles. The van der Waals surface area contributed by atoms with Crippen LogP contribution in [0.4, 0.5) is 5.69 Å². The summed E-state index contributed by atoms with van der Waals surface area (Å²) in [6.07, 6.45) is 0.276. The molecule has 2 rings (SSSR count). The molecule has 0 aromatic heterocycles. The molecular formula is C19H24N2O3S. The van der Waals surface area contributed by atoms with Crippen molar-refractivity contribution in [3.05, 3.63) is 59.7 Å². The van der Waals surface area contributed by atoms with Crippen molar-refractivity contribution in [1.29, 1.82) is 0 Å². The smallest absolute Gasteiger partial charge is 0.241 e. The molecule has 0 heterocycles. The van der Waals surface area contributed by atoms with Crippen molar-refractivity contribution >= 4 is 21.6 Å². The highest BCUT2D eigenvalue weighted by atomic mass is 32.2. The zero-order valence-electron chi connectivity index (χ0n) is 15.0. The van der Waals surface area contributed by atoms with Gasteiger partial charge >= 0.3 is 0 Å². The van der Waals surface area contributed by atoms with E-state index in [1.165, 1.54) is 12.1 Å². The van der Waals surface area contributed by atoms with Gasteiger partial charge in [0.25, 0.3) is 0 Å². The van der Waals surface area contributed by atoms with E-state index in [0.717, 1.165) is 11.1 Å². The maximum Gasteiger partial charge on any atom is 0.241 e. The number of hydrogen-bond donors (Lipinski definition) is 2. The van der Waals surface area contributed by atoms with E-state index in [0.29, 0.717) is 5.69 Å². The minimum atomic E-state index is -3.58. The molecule has 0 radical (unpaired) electrons. The van der Waals surface area contributed by atoms with E-state index in [2.05, 4.69) is 10.0 Å². The normalized spacial score (nSPS) is 12.0. The average molecular weight is 360 g/mol. The predicted molar refractivity (Wildman–Crippen MR) is 100 cm³/mol. The van der Waals surface area contributed by atoms with Crippen LogP contribution in [0.1, 0.15) is 31.9 Å². The number of benzene rings is 2. The lowest BCUT2D eigenvalue weighted by Crippen LogP contribution is -2.40. The van der Waals surface area contributed by atoms with Gasteiger partial charge in [-0.25, -0.2) is 13.1 Å². The Balaban J connectivity index is 2.05. The number of hydrogen-bond acceptors (Lipinski definition) is 3. The quantitative estimate of drug-likeness (QED) is 0.859. The van der Waals surface area contributed by atoms with Gasteiger partial charge in [-0.2, -0.15) is 0 Å². The molecular weight excluding hydrogens is 336 g/mol. The van der Waals surface area contributed by atoms with Crippen LogP contribution in [0.15, 0.2) is 53.4 Å². The van der Waals surface area contributed by atoms with Gasteiger partial charge in [0.1, 0.15) is 0 Å². The number of carbonyl (C=O) groups is 1. The van der Waals surface area contributed by atoms with Crippen LogP contribution >= 0.6 is 0 Å². The second-order valence-corrected chi connectivity index (χ2v) is 8.71. The fourth-order valence-electron chi connectivity index (χ4n) is 2.37. The Bertz CT molecular complexity index is 851. The van der Waals surface area contributed by atoms with E-state index in [1.807, 2.05) is 31.2 Å². The van der Waals surface area contributed by atoms with Crippen LogP contribution < -0.4 is 10.0 Å². The highest BCUT2D eigenvalue weighted by Crippen LogP contribution is 2.17. The molecule has 0 spiro atoms. The minimum Gasteiger partial charge on any atom is -0.326 e. The van der Waals surface area contributed by atoms with Crippen LogP contribution in [0.25, 0.3) is 0 Å². The number of rotatable bonds is 5. The Morgan fingerprint density at radius 1 is 1.00 bits per heavy atom. The minimum absolute atomic E-state index is 0.141. The maximum atomic E-state index is 12.3. The molecule has 134 valence electrons.